The highest BCUT2D eigenvalue weighted by Gasteiger charge is 2.22. The molecule has 0 bridgehead atoms. The molecule has 7 nitrogen and oxygen atoms in total. The Bertz CT molecular complexity index is 905. The molecule has 1 N–H and O–H groups in total. The number of hydrogen-bond donors (Lipinski definition) is 1. The van der Waals surface area contributed by atoms with Gasteiger partial charge in [0.15, 0.2) is 0 Å². The maximum Gasteiger partial charge on any atom is 0.255 e. The van der Waals surface area contributed by atoms with Crippen LogP contribution in [0.25, 0.3) is 0 Å². The van der Waals surface area contributed by atoms with Crippen molar-refractivity contribution in [2.45, 2.75) is 11.8 Å². The Morgan fingerprint density at radius 2 is 1.63 bits per heavy atom. The summed E-state index contributed by atoms with van der Waals surface area (Å²) in [7, 11) is 1.53. The Balaban J connectivity index is 1.93. The number of likely N-dealkylation sites (N-methyl/N-ethyl adjacent to an activating group) is 1. The molecule has 27 heavy (non-hydrogen) atoms. The number of hydrazone groups is 1. The van der Waals surface area contributed by atoms with Gasteiger partial charge in [0.05, 0.1) is 17.7 Å². The van der Waals surface area contributed by atoms with Crippen molar-refractivity contribution < 1.29 is 13.2 Å². The van der Waals surface area contributed by atoms with E-state index in [0.717, 1.165) is 21.1 Å². The van der Waals surface area contributed by atoms with E-state index in [9.17, 15) is 13.2 Å². The number of aryl methyl sites for hydroxylation is 1. The number of rotatable bonds is 7. The van der Waals surface area contributed by atoms with Crippen molar-refractivity contribution in [1.82, 2.24) is 9.73 Å². The lowest BCUT2D eigenvalue weighted by atomic mass is 10.2. The van der Waals surface area contributed by atoms with Gasteiger partial charge in [0.1, 0.15) is 0 Å². The first kappa shape index (κ1) is 20.6. The fraction of sp³-hybridized carbons (Fsp3) is 0.263. The van der Waals surface area contributed by atoms with Crippen LogP contribution in [0.15, 0.2) is 58.5 Å². The third-order valence-corrected chi connectivity index (χ3v) is 5.73. The predicted molar refractivity (Wildman–Crippen MR) is 108 cm³/mol. The summed E-state index contributed by atoms with van der Waals surface area (Å²) < 4.78 is 25.9. The van der Waals surface area contributed by atoms with Crippen LogP contribution < -0.4 is 10.3 Å². The maximum absolute atomic E-state index is 12.5. The second kappa shape index (κ2) is 8.79. The molecule has 144 valence electrons. The standard InChI is InChI=1S/C19H24N4O3S/c1-15-5-11-18(12-6-15)27(25,26)23(4)14-19(24)21-20-13-16-7-9-17(10-8-16)22(2)3/h5-13H,14H2,1-4H3,(H,21,24). The summed E-state index contributed by atoms with van der Waals surface area (Å²) in [5.41, 5.74) is 5.18. The summed E-state index contributed by atoms with van der Waals surface area (Å²) in [4.78, 5) is 14.1. The third-order valence-electron chi connectivity index (χ3n) is 3.91. The lowest BCUT2D eigenvalue weighted by Gasteiger charge is -2.16. The van der Waals surface area contributed by atoms with Crippen LogP contribution in [0.3, 0.4) is 0 Å². The molecule has 0 radical (unpaired) electrons. The number of sulfonamides is 1. The molecule has 0 spiro atoms. The Hall–Kier alpha value is -2.71. The van der Waals surface area contributed by atoms with Gasteiger partial charge in [-0.3, -0.25) is 4.79 Å². The van der Waals surface area contributed by atoms with Crippen molar-refractivity contribution in [3.8, 4) is 0 Å². The number of carbonyl (C=O) groups excluding carboxylic acids is 1. The summed E-state index contributed by atoms with van der Waals surface area (Å²) in [6.07, 6.45) is 1.51. The molecule has 0 fully saturated rings. The topological polar surface area (TPSA) is 82.1 Å². The van der Waals surface area contributed by atoms with Gasteiger partial charge in [-0.25, -0.2) is 13.8 Å². The lowest BCUT2D eigenvalue weighted by molar-refractivity contribution is -0.121. The highest BCUT2D eigenvalue weighted by molar-refractivity contribution is 7.89. The summed E-state index contributed by atoms with van der Waals surface area (Å²) in [5.74, 6) is -0.519. The van der Waals surface area contributed by atoms with Crippen LogP contribution in [-0.2, 0) is 14.8 Å². The number of amides is 1. The van der Waals surface area contributed by atoms with E-state index in [1.807, 2.05) is 50.2 Å². The SMILES string of the molecule is Cc1ccc(S(=O)(=O)N(C)CC(=O)NN=Cc2ccc(N(C)C)cc2)cc1. The van der Waals surface area contributed by atoms with Crippen LogP contribution in [-0.4, -0.2) is 52.5 Å². The van der Waals surface area contributed by atoms with Gasteiger partial charge in [-0.1, -0.05) is 29.8 Å². The molecule has 0 aliphatic rings. The van der Waals surface area contributed by atoms with Gasteiger partial charge >= 0.3 is 0 Å². The van der Waals surface area contributed by atoms with Crippen molar-refractivity contribution in [2.75, 3.05) is 32.6 Å². The second-order valence-electron chi connectivity index (χ2n) is 6.35. The van der Waals surface area contributed by atoms with Gasteiger partial charge in [0, 0.05) is 26.8 Å². The fourth-order valence-electron chi connectivity index (χ4n) is 2.25. The van der Waals surface area contributed by atoms with Gasteiger partial charge < -0.3 is 4.90 Å². The molecule has 0 saturated heterocycles. The second-order valence-corrected chi connectivity index (χ2v) is 8.40. The molecule has 1 amide bonds. The summed E-state index contributed by atoms with van der Waals surface area (Å²) in [6.45, 7) is 1.55. The van der Waals surface area contributed by atoms with Crippen molar-refractivity contribution in [1.29, 1.82) is 0 Å². The van der Waals surface area contributed by atoms with Crippen molar-refractivity contribution in [3.05, 3.63) is 59.7 Å². The highest BCUT2D eigenvalue weighted by Crippen LogP contribution is 2.14. The van der Waals surface area contributed by atoms with Crippen LogP contribution in [0, 0.1) is 6.92 Å². The molecule has 2 rings (SSSR count). The Kier molecular flexibility index (Phi) is 6.70. The minimum atomic E-state index is -3.72. The largest absolute Gasteiger partial charge is 0.378 e. The minimum Gasteiger partial charge on any atom is -0.378 e. The number of anilines is 1. The molecule has 0 atom stereocenters. The zero-order valence-corrected chi connectivity index (χ0v) is 16.7. The summed E-state index contributed by atoms with van der Waals surface area (Å²) >= 11 is 0. The zero-order chi connectivity index (χ0) is 20.0. The lowest BCUT2D eigenvalue weighted by Crippen LogP contribution is -2.36. The average molecular weight is 388 g/mol. The Morgan fingerprint density at radius 3 is 2.19 bits per heavy atom. The molecule has 0 aliphatic heterocycles. The molecular formula is C19H24N4O3S. The monoisotopic (exact) mass is 388 g/mol. The van der Waals surface area contributed by atoms with Gasteiger partial charge in [0.25, 0.3) is 5.91 Å². The van der Waals surface area contributed by atoms with Gasteiger partial charge in [-0.2, -0.15) is 9.41 Å². The average Bonchev–Trinajstić information content (AvgIpc) is 2.62. The number of hydrogen-bond acceptors (Lipinski definition) is 5. The Labute approximate surface area is 160 Å². The smallest absolute Gasteiger partial charge is 0.255 e. The van der Waals surface area contributed by atoms with Crippen molar-refractivity contribution >= 4 is 27.8 Å². The molecule has 0 aromatic heterocycles. The van der Waals surface area contributed by atoms with E-state index in [1.165, 1.54) is 25.4 Å². The molecule has 0 unspecified atom stereocenters. The fourth-order valence-corrected chi connectivity index (χ4v) is 3.38. The van der Waals surface area contributed by atoms with Gasteiger partial charge in [0.2, 0.25) is 10.0 Å². The van der Waals surface area contributed by atoms with E-state index in [4.69, 9.17) is 0 Å². The number of nitrogens with zero attached hydrogens (tertiary/aromatic N) is 3. The van der Waals surface area contributed by atoms with Crippen LogP contribution in [0.1, 0.15) is 11.1 Å². The van der Waals surface area contributed by atoms with E-state index < -0.39 is 15.9 Å². The van der Waals surface area contributed by atoms with Crippen LogP contribution in [0.4, 0.5) is 5.69 Å². The number of benzene rings is 2. The summed E-state index contributed by atoms with van der Waals surface area (Å²) in [5, 5.41) is 3.88. The molecule has 2 aromatic carbocycles. The molecule has 0 heterocycles. The molecule has 0 saturated carbocycles. The normalized spacial score (nSPS) is 11.7. The predicted octanol–water partition coefficient (Wildman–Crippen LogP) is 1.83. The van der Waals surface area contributed by atoms with Crippen molar-refractivity contribution in [3.63, 3.8) is 0 Å². The first-order valence-corrected chi connectivity index (χ1v) is 9.76. The van der Waals surface area contributed by atoms with E-state index in [1.54, 1.807) is 12.1 Å². The van der Waals surface area contributed by atoms with E-state index in [-0.39, 0.29) is 11.4 Å². The first-order chi connectivity index (χ1) is 12.7. The van der Waals surface area contributed by atoms with Crippen LogP contribution in [0.2, 0.25) is 0 Å². The number of nitrogens with one attached hydrogen (secondary N) is 1. The molecule has 0 aliphatic carbocycles. The van der Waals surface area contributed by atoms with Gasteiger partial charge in [-0.05, 0) is 36.8 Å². The van der Waals surface area contributed by atoms with Crippen LogP contribution in [0.5, 0.6) is 0 Å². The maximum atomic E-state index is 12.5. The highest BCUT2D eigenvalue weighted by atomic mass is 32.2. The minimum absolute atomic E-state index is 0.146. The van der Waals surface area contributed by atoms with E-state index >= 15 is 0 Å². The van der Waals surface area contributed by atoms with Crippen molar-refractivity contribution in [2.24, 2.45) is 5.10 Å². The quantitative estimate of drug-likeness (QED) is 0.580. The molecule has 8 heteroatoms. The van der Waals surface area contributed by atoms with Gasteiger partial charge in [-0.15, -0.1) is 0 Å². The summed E-state index contributed by atoms with van der Waals surface area (Å²) in [6, 6.07) is 14.1. The first-order valence-electron chi connectivity index (χ1n) is 8.32. The Morgan fingerprint density at radius 1 is 1.04 bits per heavy atom. The third kappa shape index (κ3) is 5.63. The molecule has 2 aromatic rings. The molecular weight excluding hydrogens is 364 g/mol. The van der Waals surface area contributed by atoms with Crippen LogP contribution >= 0.6 is 0 Å². The van der Waals surface area contributed by atoms with E-state index in [2.05, 4.69) is 10.5 Å². The number of carbonyl (C=O) groups is 1. The zero-order valence-electron chi connectivity index (χ0n) is 15.9. The van der Waals surface area contributed by atoms with E-state index in [0.29, 0.717) is 0 Å².